The number of carbonyl (C=O) groups excluding carboxylic acids is 1. The molecule has 0 aliphatic rings. The molecule has 0 saturated carbocycles. The van der Waals surface area contributed by atoms with Gasteiger partial charge < -0.3 is 23.6 Å². The zero-order valence-corrected chi connectivity index (χ0v) is 14.8. The highest BCUT2D eigenvalue weighted by atomic mass is 31.2. The second kappa shape index (κ2) is 12.0. The smallest absolute Gasteiger partial charge is 0.370 e. The molecule has 0 rings (SSSR count). The third-order valence-electron chi connectivity index (χ3n) is 2.77. The number of hydrogen-bond donors (Lipinski definition) is 1. The number of ether oxygens (including phenoxy) is 2. The van der Waals surface area contributed by atoms with Gasteiger partial charge in [0.1, 0.15) is 0 Å². The van der Waals surface area contributed by atoms with Crippen LogP contribution in [0, 0.1) is 0 Å². The fourth-order valence-electron chi connectivity index (χ4n) is 1.84. The van der Waals surface area contributed by atoms with E-state index >= 15 is 0 Å². The van der Waals surface area contributed by atoms with Crippen molar-refractivity contribution in [3.05, 3.63) is 0 Å². The Labute approximate surface area is 132 Å². The van der Waals surface area contributed by atoms with Gasteiger partial charge in [-0.15, -0.1) is 0 Å². The minimum atomic E-state index is -3.75. The van der Waals surface area contributed by atoms with E-state index in [0.29, 0.717) is 12.8 Å². The van der Waals surface area contributed by atoms with E-state index in [0.717, 1.165) is 6.42 Å². The van der Waals surface area contributed by atoms with Crippen LogP contribution in [0.4, 0.5) is 0 Å². The number of rotatable bonds is 13. The predicted octanol–water partition coefficient (Wildman–Crippen LogP) is 2.71. The van der Waals surface area contributed by atoms with E-state index in [9.17, 15) is 9.36 Å². The molecule has 0 saturated heterocycles. The average molecular weight is 340 g/mol. The molecule has 2 unspecified atom stereocenters. The maximum atomic E-state index is 12.8. The molecule has 0 aromatic rings. The molecule has 0 aliphatic heterocycles. The fourth-order valence-corrected chi connectivity index (χ4v) is 3.59. The molecule has 0 amide bonds. The molecule has 0 aromatic heterocycles. The SMILES string of the molecule is CCOC(=O)C(OC(C)CCCCO)P(=O)(OCC)OCC. The Balaban J connectivity index is 5.00. The van der Waals surface area contributed by atoms with E-state index in [1.807, 2.05) is 0 Å². The topological polar surface area (TPSA) is 91.3 Å². The van der Waals surface area contributed by atoms with E-state index in [1.54, 1.807) is 27.7 Å². The number of unbranched alkanes of at least 4 members (excludes halogenated alkanes) is 1. The number of aliphatic hydroxyl groups is 1. The molecule has 0 aliphatic carbocycles. The van der Waals surface area contributed by atoms with Gasteiger partial charge in [-0.3, -0.25) is 4.57 Å². The van der Waals surface area contributed by atoms with Crippen LogP contribution in [-0.2, 0) is 27.9 Å². The summed E-state index contributed by atoms with van der Waals surface area (Å²) in [5.74, 6) is -2.14. The van der Waals surface area contributed by atoms with Crippen molar-refractivity contribution < 1.29 is 33.0 Å². The quantitative estimate of drug-likeness (QED) is 0.313. The zero-order valence-electron chi connectivity index (χ0n) is 13.9. The molecule has 132 valence electrons. The molecule has 0 aromatic carbocycles. The van der Waals surface area contributed by atoms with Gasteiger partial charge in [-0.1, -0.05) is 0 Å². The van der Waals surface area contributed by atoms with Gasteiger partial charge in [0.05, 0.1) is 25.9 Å². The van der Waals surface area contributed by atoms with Crippen LogP contribution in [-0.4, -0.2) is 49.5 Å². The normalized spacial score (nSPS) is 14.6. The number of aliphatic hydroxyl groups excluding tert-OH is 1. The van der Waals surface area contributed by atoms with Gasteiger partial charge in [-0.05, 0) is 47.0 Å². The first-order valence-electron chi connectivity index (χ1n) is 7.76. The Morgan fingerprint density at radius 1 is 1.09 bits per heavy atom. The van der Waals surface area contributed by atoms with Crippen LogP contribution in [0.1, 0.15) is 47.0 Å². The van der Waals surface area contributed by atoms with Crippen LogP contribution in [0.25, 0.3) is 0 Å². The van der Waals surface area contributed by atoms with E-state index in [-0.39, 0.29) is 32.5 Å². The molecule has 22 heavy (non-hydrogen) atoms. The van der Waals surface area contributed by atoms with Crippen molar-refractivity contribution in [3.8, 4) is 0 Å². The lowest BCUT2D eigenvalue weighted by molar-refractivity contribution is -0.155. The number of carbonyl (C=O) groups is 1. The van der Waals surface area contributed by atoms with E-state index in [1.165, 1.54) is 0 Å². The standard InChI is InChI=1S/C14H29O7P/c1-5-18-13(16)14(21-12(4)10-8-9-11-15)22(17,19-6-2)20-7-3/h12,14-15H,5-11H2,1-4H3. The second-order valence-electron chi connectivity index (χ2n) is 4.65. The Kier molecular flexibility index (Phi) is 11.8. The minimum absolute atomic E-state index is 0.102. The molecule has 8 heteroatoms. The van der Waals surface area contributed by atoms with Crippen molar-refractivity contribution >= 4 is 13.6 Å². The third kappa shape index (κ3) is 7.70. The number of esters is 1. The third-order valence-corrected chi connectivity index (χ3v) is 4.92. The average Bonchev–Trinajstić information content (AvgIpc) is 2.45. The van der Waals surface area contributed by atoms with Gasteiger partial charge in [-0.2, -0.15) is 0 Å². The molecule has 0 spiro atoms. The highest BCUT2D eigenvalue weighted by molar-refractivity contribution is 7.55. The van der Waals surface area contributed by atoms with Gasteiger partial charge in [0, 0.05) is 6.61 Å². The van der Waals surface area contributed by atoms with Crippen LogP contribution in [0.2, 0.25) is 0 Å². The summed E-state index contributed by atoms with van der Waals surface area (Å²) in [5, 5.41) is 8.79. The Bertz CT molecular complexity index is 338. The lowest BCUT2D eigenvalue weighted by atomic mass is 10.2. The molecule has 0 bridgehead atoms. The lowest BCUT2D eigenvalue weighted by Gasteiger charge is -2.27. The van der Waals surface area contributed by atoms with E-state index in [2.05, 4.69) is 0 Å². The van der Waals surface area contributed by atoms with Crippen molar-refractivity contribution in [1.82, 2.24) is 0 Å². The van der Waals surface area contributed by atoms with E-state index < -0.39 is 19.4 Å². The first kappa shape index (κ1) is 21.5. The summed E-state index contributed by atoms with van der Waals surface area (Å²) in [7, 11) is -3.75. The van der Waals surface area contributed by atoms with Gasteiger partial charge in [0.2, 0.25) is 0 Å². The fraction of sp³-hybridized carbons (Fsp3) is 0.929. The first-order valence-corrected chi connectivity index (χ1v) is 9.38. The van der Waals surface area contributed by atoms with Crippen LogP contribution in [0.5, 0.6) is 0 Å². The lowest BCUT2D eigenvalue weighted by Crippen LogP contribution is -2.32. The molecule has 7 nitrogen and oxygen atoms in total. The molecule has 0 heterocycles. The summed E-state index contributed by atoms with van der Waals surface area (Å²) >= 11 is 0. The minimum Gasteiger partial charge on any atom is -0.464 e. The Hall–Kier alpha value is -0.460. The monoisotopic (exact) mass is 340 g/mol. The maximum absolute atomic E-state index is 12.8. The van der Waals surface area contributed by atoms with Crippen molar-refractivity contribution in [2.24, 2.45) is 0 Å². The molecular weight excluding hydrogens is 311 g/mol. The van der Waals surface area contributed by atoms with Crippen molar-refractivity contribution in [2.75, 3.05) is 26.4 Å². The molecule has 2 atom stereocenters. The summed E-state index contributed by atoms with van der Waals surface area (Å²) < 4.78 is 33.7. The predicted molar refractivity (Wildman–Crippen MR) is 82.8 cm³/mol. The van der Waals surface area contributed by atoms with Gasteiger partial charge in [0.25, 0.3) is 5.85 Å². The molecule has 1 N–H and O–H groups in total. The summed E-state index contributed by atoms with van der Waals surface area (Å²) in [5.41, 5.74) is 0. The van der Waals surface area contributed by atoms with Gasteiger partial charge in [-0.25, -0.2) is 4.79 Å². The van der Waals surface area contributed by atoms with Crippen LogP contribution in [0.3, 0.4) is 0 Å². The van der Waals surface area contributed by atoms with Crippen LogP contribution >= 0.6 is 7.60 Å². The van der Waals surface area contributed by atoms with Crippen molar-refractivity contribution in [3.63, 3.8) is 0 Å². The Morgan fingerprint density at radius 3 is 2.14 bits per heavy atom. The zero-order chi connectivity index (χ0) is 17.0. The summed E-state index contributed by atoms with van der Waals surface area (Å²) in [6, 6.07) is 0. The van der Waals surface area contributed by atoms with Crippen LogP contribution < -0.4 is 0 Å². The maximum Gasteiger partial charge on any atom is 0.370 e. The second-order valence-corrected chi connectivity index (χ2v) is 6.71. The van der Waals surface area contributed by atoms with E-state index in [4.69, 9.17) is 23.6 Å². The van der Waals surface area contributed by atoms with Crippen LogP contribution in [0.15, 0.2) is 0 Å². The summed E-state index contributed by atoms with van der Waals surface area (Å²) in [4.78, 5) is 12.1. The Morgan fingerprint density at radius 2 is 1.68 bits per heavy atom. The highest BCUT2D eigenvalue weighted by Crippen LogP contribution is 2.54. The van der Waals surface area contributed by atoms with Gasteiger partial charge >= 0.3 is 13.6 Å². The first-order chi connectivity index (χ1) is 10.4. The summed E-state index contributed by atoms with van der Waals surface area (Å²) in [6.45, 7) is 7.28. The van der Waals surface area contributed by atoms with Crippen molar-refractivity contribution in [2.45, 2.75) is 58.9 Å². The molecular formula is C14H29O7P. The highest BCUT2D eigenvalue weighted by Gasteiger charge is 2.44. The molecule has 0 radical (unpaired) electrons. The summed E-state index contributed by atoms with van der Waals surface area (Å²) in [6.07, 6.45) is 1.66. The number of hydrogen-bond acceptors (Lipinski definition) is 7. The largest absolute Gasteiger partial charge is 0.464 e. The molecule has 0 fully saturated rings. The van der Waals surface area contributed by atoms with Crippen molar-refractivity contribution in [1.29, 1.82) is 0 Å². The van der Waals surface area contributed by atoms with Gasteiger partial charge in [0.15, 0.2) is 0 Å².